The Morgan fingerprint density at radius 2 is 2.00 bits per heavy atom. The van der Waals surface area contributed by atoms with Gasteiger partial charge in [-0.3, -0.25) is 9.69 Å². The number of halogens is 1. The molecule has 0 radical (unpaired) electrons. The molecule has 9 nitrogen and oxygen atoms in total. The highest BCUT2D eigenvalue weighted by atomic mass is 35.5. The highest BCUT2D eigenvalue weighted by Crippen LogP contribution is 2.28. The molecule has 3 aromatic rings. The van der Waals surface area contributed by atoms with E-state index in [1.165, 1.54) is 17.5 Å². The van der Waals surface area contributed by atoms with Crippen molar-refractivity contribution in [2.45, 2.75) is 13.8 Å². The maximum absolute atomic E-state index is 12.7. The number of aryl methyl sites for hydroxylation is 2. The lowest BCUT2D eigenvalue weighted by atomic mass is 10.2. The molecule has 1 aromatic carbocycles. The van der Waals surface area contributed by atoms with Gasteiger partial charge in [-0.05, 0) is 25.5 Å². The first-order valence-electron chi connectivity index (χ1n) is 10.2. The van der Waals surface area contributed by atoms with Crippen molar-refractivity contribution in [1.29, 1.82) is 0 Å². The number of benzene rings is 1. The number of thiazole rings is 1. The van der Waals surface area contributed by atoms with E-state index in [1.54, 1.807) is 6.07 Å². The van der Waals surface area contributed by atoms with Gasteiger partial charge < -0.3 is 20.6 Å². The van der Waals surface area contributed by atoms with Gasteiger partial charge in [0.1, 0.15) is 22.3 Å². The SMILES string of the molecule is Cc1nc(Nc2ncc(C(=O)Nc3c(C)cccc3Cl)s2)cc(N2CCN(CO)CC2)n1. The largest absolute Gasteiger partial charge is 0.381 e. The normalized spacial score (nSPS) is 14.4. The Hall–Kier alpha value is -2.79. The molecule has 0 saturated carbocycles. The Morgan fingerprint density at radius 1 is 1.22 bits per heavy atom. The Morgan fingerprint density at radius 3 is 2.72 bits per heavy atom. The van der Waals surface area contributed by atoms with Crippen molar-refractivity contribution in [3.8, 4) is 0 Å². The molecule has 4 rings (SSSR count). The number of amides is 1. The molecular weight excluding hydrogens is 450 g/mol. The number of hydrogen-bond acceptors (Lipinski definition) is 9. The minimum Gasteiger partial charge on any atom is -0.381 e. The lowest BCUT2D eigenvalue weighted by Crippen LogP contribution is -2.47. The summed E-state index contributed by atoms with van der Waals surface area (Å²) in [6, 6.07) is 7.34. The van der Waals surface area contributed by atoms with Crippen molar-refractivity contribution in [2.75, 3.05) is 48.4 Å². The summed E-state index contributed by atoms with van der Waals surface area (Å²) < 4.78 is 0. The zero-order chi connectivity index (χ0) is 22.7. The van der Waals surface area contributed by atoms with Crippen LogP contribution in [0.1, 0.15) is 21.1 Å². The fraction of sp³-hybridized carbons (Fsp3) is 0.333. The minimum absolute atomic E-state index is 0.0689. The van der Waals surface area contributed by atoms with Crippen LogP contribution in [-0.4, -0.2) is 63.8 Å². The molecule has 11 heteroatoms. The molecule has 1 aliphatic rings. The number of hydrogen-bond donors (Lipinski definition) is 3. The number of para-hydroxylation sites is 1. The highest BCUT2D eigenvalue weighted by molar-refractivity contribution is 7.17. The van der Waals surface area contributed by atoms with Gasteiger partial charge in [0, 0.05) is 32.2 Å². The summed E-state index contributed by atoms with van der Waals surface area (Å²) in [5.41, 5.74) is 1.48. The monoisotopic (exact) mass is 473 g/mol. The Labute approximate surface area is 195 Å². The fourth-order valence-electron chi connectivity index (χ4n) is 3.41. The summed E-state index contributed by atoms with van der Waals surface area (Å²) >= 11 is 7.44. The van der Waals surface area contributed by atoms with Crippen LogP contribution in [0.25, 0.3) is 0 Å². The quantitative estimate of drug-likeness (QED) is 0.500. The van der Waals surface area contributed by atoms with Gasteiger partial charge in [0.15, 0.2) is 5.13 Å². The average molecular weight is 474 g/mol. The number of nitrogens with one attached hydrogen (secondary N) is 2. The zero-order valence-electron chi connectivity index (χ0n) is 17.8. The third-order valence-corrected chi connectivity index (χ3v) is 6.37. The fourth-order valence-corrected chi connectivity index (χ4v) is 4.40. The number of anilines is 4. The van der Waals surface area contributed by atoms with Crippen molar-refractivity contribution in [3.05, 3.63) is 51.7 Å². The summed E-state index contributed by atoms with van der Waals surface area (Å²) in [4.78, 5) is 30.6. The number of aliphatic hydroxyl groups is 1. The number of carbonyl (C=O) groups excluding carboxylic acids is 1. The van der Waals surface area contributed by atoms with Crippen molar-refractivity contribution in [1.82, 2.24) is 19.9 Å². The van der Waals surface area contributed by atoms with Crippen LogP contribution in [0, 0.1) is 13.8 Å². The van der Waals surface area contributed by atoms with Crippen LogP contribution in [0.2, 0.25) is 5.02 Å². The molecule has 1 fully saturated rings. The molecule has 0 spiro atoms. The summed E-state index contributed by atoms with van der Waals surface area (Å²) in [7, 11) is 0. The second-order valence-corrected chi connectivity index (χ2v) is 8.88. The number of rotatable bonds is 6. The lowest BCUT2D eigenvalue weighted by molar-refractivity contribution is 0.102. The Kier molecular flexibility index (Phi) is 6.85. The van der Waals surface area contributed by atoms with E-state index in [1.807, 2.05) is 36.9 Å². The first-order valence-corrected chi connectivity index (χ1v) is 11.4. The van der Waals surface area contributed by atoms with Gasteiger partial charge in [-0.25, -0.2) is 15.0 Å². The molecule has 0 aliphatic carbocycles. The molecule has 0 atom stereocenters. The third-order valence-electron chi connectivity index (χ3n) is 5.15. The van der Waals surface area contributed by atoms with Crippen molar-refractivity contribution < 1.29 is 9.90 Å². The maximum atomic E-state index is 12.7. The van der Waals surface area contributed by atoms with E-state index >= 15 is 0 Å². The van der Waals surface area contributed by atoms with Gasteiger partial charge >= 0.3 is 0 Å². The summed E-state index contributed by atoms with van der Waals surface area (Å²) in [5, 5.41) is 16.4. The number of piperazine rings is 1. The Bertz CT molecular complexity index is 1100. The van der Waals surface area contributed by atoms with Crippen molar-refractivity contribution >= 4 is 51.3 Å². The van der Waals surface area contributed by atoms with Gasteiger partial charge in [-0.2, -0.15) is 0 Å². The number of aliphatic hydroxyl groups excluding tert-OH is 1. The van der Waals surface area contributed by atoms with Crippen LogP contribution in [0.4, 0.5) is 22.5 Å². The predicted octanol–water partition coefficient (Wildman–Crippen LogP) is 3.27. The number of nitrogens with zero attached hydrogens (tertiary/aromatic N) is 5. The molecule has 0 unspecified atom stereocenters. The van der Waals surface area contributed by atoms with E-state index in [-0.39, 0.29) is 12.6 Å². The minimum atomic E-state index is -0.270. The summed E-state index contributed by atoms with van der Waals surface area (Å²) in [6.45, 7) is 6.90. The van der Waals surface area contributed by atoms with Gasteiger partial charge in [0.25, 0.3) is 5.91 Å². The van der Waals surface area contributed by atoms with Gasteiger partial charge in [-0.15, -0.1) is 0 Å². The zero-order valence-corrected chi connectivity index (χ0v) is 19.4. The van der Waals surface area contributed by atoms with Crippen LogP contribution < -0.4 is 15.5 Å². The van der Waals surface area contributed by atoms with Crippen LogP contribution in [0.3, 0.4) is 0 Å². The van der Waals surface area contributed by atoms with Gasteiger partial charge in [-0.1, -0.05) is 35.1 Å². The molecule has 168 valence electrons. The molecule has 32 heavy (non-hydrogen) atoms. The second kappa shape index (κ2) is 9.78. The van der Waals surface area contributed by atoms with E-state index in [2.05, 4.69) is 30.5 Å². The van der Waals surface area contributed by atoms with Crippen LogP contribution in [0.15, 0.2) is 30.5 Å². The van der Waals surface area contributed by atoms with E-state index < -0.39 is 0 Å². The number of carbonyl (C=O) groups is 1. The van der Waals surface area contributed by atoms with E-state index in [0.29, 0.717) is 32.4 Å². The Balaban J connectivity index is 1.45. The second-order valence-electron chi connectivity index (χ2n) is 7.45. The smallest absolute Gasteiger partial charge is 0.267 e. The molecular formula is C21H24ClN7O2S. The van der Waals surface area contributed by atoms with Gasteiger partial charge in [0.2, 0.25) is 0 Å². The first kappa shape index (κ1) is 22.4. The van der Waals surface area contributed by atoms with Crippen LogP contribution in [-0.2, 0) is 0 Å². The maximum Gasteiger partial charge on any atom is 0.267 e. The molecule has 3 N–H and O–H groups in total. The average Bonchev–Trinajstić information content (AvgIpc) is 3.24. The molecule has 1 amide bonds. The molecule has 0 bridgehead atoms. The predicted molar refractivity (Wildman–Crippen MR) is 127 cm³/mol. The van der Waals surface area contributed by atoms with Crippen molar-refractivity contribution in [2.24, 2.45) is 0 Å². The van der Waals surface area contributed by atoms with E-state index in [4.69, 9.17) is 11.6 Å². The summed E-state index contributed by atoms with van der Waals surface area (Å²) in [5.74, 6) is 1.80. The molecule has 1 saturated heterocycles. The molecule has 2 aromatic heterocycles. The first-order chi connectivity index (χ1) is 15.4. The summed E-state index contributed by atoms with van der Waals surface area (Å²) in [6.07, 6.45) is 1.53. The van der Waals surface area contributed by atoms with Crippen LogP contribution >= 0.6 is 22.9 Å². The number of aromatic nitrogens is 3. The van der Waals surface area contributed by atoms with E-state index in [0.717, 1.165) is 37.6 Å². The standard InChI is InChI=1S/C21H24ClN7O2S/c1-13-4-3-5-15(22)19(13)27-20(31)16-11-23-21(32-16)26-17-10-18(25-14(2)24-17)29-8-6-28(12-30)7-9-29/h3-5,10-11,30H,6-9,12H2,1-2H3,(H,27,31)(H,23,24,25,26). The molecule has 3 heterocycles. The van der Waals surface area contributed by atoms with E-state index in [9.17, 15) is 9.90 Å². The highest BCUT2D eigenvalue weighted by Gasteiger charge is 2.19. The lowest BCUT2D eigenvalue weighted by Gasteiger charge is -2.34. The van der Waals surface area contributed by atoms with Gasteiger partial charge in [0.05, 0.1) is 23.6 Å². The van der Waals surface area contributed by atoms with Crippen LogP contribution in [0.5, 0.6) is 0 Å². The third kappa shape index (κ3) is 5.16. The topological polar surface area (TPSA) is 107 Å². The molecule has 1 aliphatic heterocycles. The van der Waals surface area contributed by atoms with Crippen molar-refractivity contribution in [3.63, 3.8) is 0 Å².